The first-order valence-corrected chi connectivity index (χ1v) is 2.35. The van der Waals surface area contributed by atoms with E-state index < -0.39 is 0 Å². The molecule has 1 aromatic heterocycles. The van der Waals surface area contributed by atoms with Gasteiger partial charge in [0.2, 0.25) is 0 Å². The van der Waals surface area contributed by atoms with Crippen molar-refractivity contribution in [3.63, 3.8) is 0 Å². The molecule has 0 aliphatic carbocycles. The van der Waals surface area contributed by atoms with Crippen LogP contribution in [0.5, 0.6) is 0 Å². The Bertz CT molecular complexity index is 155. The van der Waals surface area contributed by atoms with E-state index in [4.69, 9.17) is 4.42 Å². The number of nitrogens with zero attached hydrogens (tertiary/aromatic N) is 1. The van der Waals surface area contributed by atoms with Crippen LogP contribution in [0.1, 0.15) is 5.89 Å². The van der Waals surface area contributed by atoms with Crippen LogP contribution in [-0.2, 0) is 6.42 Å². The van der Waals surface area contributed by atoms with E-state index in [1.807, 2.05) is 0 Å². The van der Waals surface area contributed by atoms with Gasteiger partial charge in [-0.05, 0) is 0 Å². The molecular weight excluding hydrogens is 102 g/mol. The normalized spacial score (nSPS) is 9.00. The van der Waals surface area contributed by atoms with Crippen LogP contribution in [0.3, 0.4) is 0 Å². The van der Waals surface area contributed by atoms with Gasteiger partial charge in [0, 0.05) is 6.42 Å². The molecule has 1 aromatic rings. The van der Waals surface area contributed by atoms with Gasteiger partial charge in [-0.1, -0.05) is 6.08 Å². The Balaban J connectivity index is 2.62. The van der Waals surface area contributed by atoms with Crippen LogP contribution in [-0.4, -0.2) is 4.98 Å². The van der Waals surface area contributed by atoms with Crippen molar-refractivity contribution in [2.45, 2.75) is 6.42 Å². The third kappa shape index (κ3) is 0.964. The lowest BCUT2D eigenvalue weighted by Gasteiger charge is -1.79. The number of hydrogen-bond donors (Lipinski definition) is 0. The molecule has 0 saturated heterocycles. The maximum atomic E-state index is 4.77. The third-order valence-corrected chi connectivity index (χ3v) is 0.757. The lowest BCUT2D eigenvalue weighted by atomic mass is 10.4. The minimum atomic E-state index is 0.667. The van der Waals surface area contributed by atoms with Crippen molar-refractivity contribution < 1.29 is 4.42 Å². The molecule has 0 aromatic carbocycles. The van der Waals surface area contributed by atoms with Crippen LogP contribution in [0, 0.1) is 6.26 Å². The van der Waals surface area contributed by atoms with Gasteiger partial charge in [-0.3, -0.25) is 0 Å². The molecule has 0 aliphatic heterocycles. The van der Waals surface area contributed by atoms with Gasteiger partial charge >= 0.3 is 0 Å². The minimum Gasteiger partial charge on any atom is -0.437 e. The Hall–Kier alpha value is -1.05. The van der Waals surface area contributed by atoms with Gasteiger partial charge in [0.15, 0.2) is 12.2 Å². The van der Waals surface area contributed by atoms with Gasteiger partial charge in [-0.15, -0.1) is 6.58 Å². The monoisotopic (exact) mass is 108 g/mol. The van der Waals surface area contributed by atoms with Crippen LogP contribution < -0.4 is 0 Å². The summed E-state index contributed by atoms with van der Waals surface area (Å²) >= 11 is 0. The van der Waals surface area contributed by atoms with Crippen molar-refractivity contribution in [1.82, 2.24) is 4.98 Å². The highest BCUT2D eigenvalue weighted by molar-refractivity contribution is 4.86. The Kier molecular flexibility index (Phi) is 1.47. The second-order valence-corrected chi connectivity index (χ2v) is 1.36. The molecule has 0 bridgehead atoms. The fourth-order valence-electron chi connectivity index (χ4n) is 0.437. The van der Waals surface area contributed by atoms with Crippen LogP contribution in [0.2, 0.25) is 0 Å². The Morgan fingerprint density at radius 2 is 2.88 bits per heavy atom. The van der Waals surface area contributed by atoms with E-state index in [1.54, 1.807) is 6.08 Å². The van der Waals surface area contributed by atoms with Crippen molar-refractivity contribution in [1.29, 1.82) is 0 Å². The molecule has 1 radical (unpaired) electrons. The Labute approximate surface area is 47.9 Å². The van der Waals surface area contributed by atoms with Crippen molar-refractivity contribution in [2.24, 2.45) is 0 Å². The minimum absolute atomic E-state index is 0.667. The average Bonchev–Trinajstić information content (AvgIpc) is 2.19. The van der Waals surface area contributed by atoms with Gasteiger partial charge in [0.25, 0.3) is 0 Å². The Morgan fingerprint density at radius 3 is 3.38 bits per heavy atom. The molecule has 2 nitrogen and oxygen atoms in total. The first-order chi connectivity index (χ1) is 3.93. The van der Waals surface area contributed by atoms with Crippen molar-refractivity contribution in [2.75, 3.05) is 0 Å². The molecule has 0 fully saturated rings. The molecule has 0 spiro atoms. The maximum absolute atomic E-state index is 4.77. The van der Waals surface area contributed by atoms with Crippen molar-refractivity contribution >= 4 is 0 Å². The summed E-state index contributed by atoms with van der Waals surface area (Å²) in [5.74, 6) is 0.667. The molecule has 0 saturated carbocycles. The van der Waals surface area contributed by atoms with Crippen molar-refractivity contribution in [3.05, 3.63) is 31.0 Å². The summed E-state index contributed by atoms with van der Waals surface area (Å²) in [7, 11) is 0. The topological polar surface area (TPSA) is 26.0 Å². The smallest absolute Gasteiger partial charge is 0.198 e. The molecule has 0 atom stereocenters. The first-order valence-electron chi connectivity index (χ1n) is 2.35. The Morgan fingerprint density at radius 1 is 2.00 bits per heavy atom. The zero-order chi connectivity index (χ0) is 5.82. The molecule has 1 heterocycles. The average molecular weight is 108 g/mol. The third-order valence-electron chi connectivity index (χ3n) is 0.757. The highest BCUT2D eigenvalue weighted by Gasteiger charge is 1.89. The van der Waals surface area contributed by atoms with E-state index in [1.165, 1.54) is 6.20 Å². The lowest BCUT2D eigenvalue weighted by Crippen LogP contribution is -1.75. The highest BCUT2D eigenvalue weighted by atomic mass is 16.3. The largest absolute Gasteiger partial charge is 0.437 e. The number of allylic oxidation sites excluding steroid dienone is 1. The SMILES string of the molecule is C=CCc1nc[c]o1. The van der Waals surface area contributed by atoms with Crippen LogP contribution >= 0.6 is 0 Å². The fourth-order valence-corrected chi connectivity index (χ4v) is 0.437. The summed E-state index contributed by atoms with van der Waals surface area (Å²) in [6.07, 6.45) is 6.40. The number of rotatable bonds is 2. The van der Waals surface area contributed by atoms with E-state index in [0.29, 0.717) is 12.3 Å². The zero-order valence-electron chi connectivity index (χ0n) is 4.42. The summed E-state index contributed by atoms with van der Waals surface area (Å²) in [4.78, 5) is 3.81. The second-order valence-electron chi connectivity index (χ2n) is 1.36. The van der Waals surface area contributed by atoms with Crippen LogP contribution in [0.4, 0.5) is 0 Å². The van der Waals surface area contributed by atoms with E-state index in [-0.39, 0.29) is 0 Å². The second kappa shape index (κ2) is 2.31. The summed E-state index contributed by atoms with van der Waals surface area (Å²) < 4.78 is 4.77. The van der Waals surface area contributed by atoms with E-state index in [9.17, 15) is 0 Å². The highest BCUT2D eigenvalue weighted by Crippen LogP contribution is 1.93. The summed E-state index contributed by atoms with van der Waals surface area (Å²) in [6, 6.07) is 0. The number of hydrogen-bond acceptors (Lipinski definition) is 2. The molecule has 0 unspecified atom stereocenters. The molecule has 0 aliphatic rings. The van der Waals surface area contributed by atoms with Crippen LogP contribution in [0.25, 0.3) is 0 Å². The summed E-state index contributed by atoms with van der Waals surface area (Å²) in [5.41, 5.74) is 0. The molecule has 1 rings (SSSR count). The van der Waals surface area contributed by atoms with Gasteiger partial charge in [-0.2, -0.15) is 0 Å². The van der Waals surface area contributed by atoms with E-state index >= 15 is 0 Å². The standard InChI is InChI=1S/C6H6NO/c1-2-3-6-7-4-5-8-6/h2,4H,1,3H2. The van der Waals surface area contributed by atoms with Crippen molar-refractivity contribution in [3.8, 4) is 0 Å². The summed E-state index contributed by atoms with van der Waals surface area (Å²) in [6.45, 7) is 3.52. The van der Waals surface area contributed by atoms with E-state index in [0.717, 1.165) is 0 Å². The summed E-state index contributed by atoms with van der Waals surface area (Å²) in [5, 5.41) is 0. The molecule has 41 valence electrons. The zero-order valence-corrected chi connectivity index (χ0v) is 4.42. The van der Waals surface area contributed by atoms with Crippen LogP contribution in [0.15, 0.2) is 23.3 Å². The fraction of sp³-hybridized carbons (Fsp3) is 0.167. The number of oxazole rings is 1. The quantitative estimate of drug-likeness (QED) is 0.532. The van der Waals surface area contributed by atoms with Gasteiger partial charge in [-0.25, -0.2) is 4.98 Å². The van der Waals surface area contributed by atoms with E-state index in [2.05, 4.69) is 17.8 Å². The molecule has 0 N–H and O–H groups in total. The van der Waals surface area contributed by atoms with Gasteiger partial charge < -0.3 is 4.42 Å². The first kappa shape index (κ1) is 5.09. The van der Waals surface area contributed by atoms with Gasteiger partial charge in [0.1, 0.15) is 0 Å². The maximum Gasteiger partial charge on any atom is 0.198 e. The lowest BCUT2D eigenvalue weighted by molar-refractivity contribution is 0.502. The predicted molar refractivity (Wildman–Crippen MR) is 29.2 cm³/mol. The molecular formula is C6H6NO. The predicted octanol–water partition coefficient (Wildman–Crippen LogP) is 1.20. The van der Waals surface area contributed by atoms with Gasteiger partial charge in [0.05, 0.1) is 6.20 Å². The molecule has 2 heteroatoms. The molecule has 8 heavy (non-hydrogen) atoms. The number of aromatic nitrogens is 1. The molecule has 0 amide bonds.